The molecule has 156 valence electrons. The lowest BCUT2D eigenvalue weighted by atomic mass is 9.60. The minimum absolute atomic E-state index is 0.0289. The van der Waals surface area contributed by atoms with Gasteiger partial charge in [0.15, 0.2) is 0 Å². The second kappa shape index (κ2) is 7.92. The fourth-order valence-corrected chi connectivity index (χ4v) is 5.42. The van der Waals surface area contributed by atoms with E-state index in [9.17, 15) is 14.7 Å². The molecule has 1 aromatic carbocycles. The molecule has 4 rings (SSSR count). The highest BCUT2D eigenvalue weighted by atomic mass is 16.5. The Labute approximate surface area is 172 Å². The normalized spacial score (nSPS) is 24.9. The van der Waals surface area contributed by atoms with Crippen molar-refractivity contribution in [2.75, 3.05) is 33.4 Å². The zero-order valence-electron chi connectivity index (χ0n) is 17.3. The van der Waals surface area contributed by atoms with Crippen LogP contribution in [0.2, 0.25) is 0 Å². The Morgan fingerprint density at radius 3 is 2.48 bits per heavy atom. The van der Waals surface area contributed by atoms with Crippen molar-refractivity contribution in [2.45, 2.75) is 50.1 Å². The van der Waals surface area contributed by atoms with Crippen LogP contribution in [0.15, 0.2) is 30.3 Å². The largest absolute Gasteiger partial charge is 0.394 e. The van der Waals surface area contributed by atoms with Crippen molar-refractivity contribution in [1.82, 2.24) is 9.80 Å². The van der Waals surface area contributed by atoms with E-state index in [0.717, 1.165) is 18.4 Å². The molecule has 2 atom stereocenters. The molecule has 1 spiro atoms. The van der Waals surface area contributed by atoms with E-state index in [1.165, 1.54) is 24.7 Å². The number of hydrogen-bond donors (Lipinski definition) is 1. The number of methoxy groups -OCH3 is 1. The van der Waals surface area contributed by atoms with Crippen LogP contribution < -0.4 is 0 Å². The summed E-state index contributed by atoms with van der Waals surface area (Å²) < 4.78 is 4.97. The summed E-state index contributed by atoms with van der Waals surface area (Å²) in [5, 5.41) is 10.1. The van der Waals surface area contributed by atoms with Crippen LogP contribution in [0.3, 0.4) is 0 Å². The van der Waals surface area contributed by atoms with Gasteiger partial charge in [0.2, 0.25) is 11.8 Å². The summed E-state index contributed by atoms with van der Waals surface area (Å²) in [7, 11) is 1.51. The fraction of sp³-hybridized carbons (Fsp3) is 0.565. The second-order valence-electron chi connectivity index (χ2n) is 8.37. The Bertz CT molecular complexity index is 811. The predicted molar refractivity (Wildman–Crippen MR) is 110 cm³/mol. The lowest BCUT2D eigenvalue weighted by molar-refractivity contribution is -0.203. The smallest absolute Gasteiger partial charge is 0.248 e. The zero-order valence-corrected chi connectivity index (χ0v) is 17.3. The molecule has 0 unspecified atom stereocenters. The molecule has 2 fully saturated rings. The molecule has 6 nitrogen and oxygen atoms in total. The summed E-state index contributed by atoms with van der Waals surface area (Å²) in [4.78, 5) is 28.5. The Balaban J connectivity index is 1.60. The summed E-state index contributed by atoms with van der Waals surface area (Å²) >= 11 is 0. The lowest BCUT2D eigenvalue weighted by Gasteiger charge is -2.70. The highest BCUT2D eigenvalue weighted by molar-refractivity contribution is 5.83. The van der Waals surface area contributed by atoms with Gasteiger partial charge in [0.25, 0.3) is 0 Å². The van der Waals surface area contributed by atoms with Gasteiger partial charge in [0.1, 0.15) is 6.61 Å². The van der Waals surface area contributed by atoms with Crippen molar-refractivity contribution in [2.24, 2.45) is 0 Å². The average Bonchev–Trinajstić information content (AvgIpc) is 3.21. The summed E-state index contributed by atoms with van der Waals surface area (Å²) in [6.45, 7) is 2.81. The maximum absolute atomic E-state index is 12.7. The number of allylic oxidation sites excluding steroid dienone is 2. The molecule has 2 heterocycles. The van der Waals surface area contributed by atoms with Gasteiger partial charge in [-0.2, -0.15) is 0 Å². The zero-order chi connectivity index (χ0) is 20.6. The van der Waals surface area contributed by atoms with E-state index in [2.05, 4.69) is 30.3 Å². The van der Waals surface area contributed by atoms with Crippen LogP contribution in [0, 0.1) is 0 Å². The van der Waals surface area contributed by atoms with Crippen LogP contribution in [0.25, 0.3) is 5.57 Å². The third kappa shape index (κ3) is 3.19. The molecule has 0 saturated carbocycles. The van der Waals surface area contributed by atoms with Crippen LogP contribution in [0.4, 0.5) is 0 Å². The Hall–Kier alpha value is -2.18. The van der Waals surface area contributed by atoms with E-state index < -0.39 is 5.54 Å². The monoisotopic (exact) mass is 398 g/mol. The molecule has 2 saturated heterocycles. The van der Waals surface area contributed by atoms with Gasteiger partial charge in [-0.1, -0.05) is 37.3 Å². The lowest BCUT2D eigenvalue weighted by Crippen LogP contribution is -2.86. The van der Waals surface area contributed by atoms with Crippen LogP contribution in [-0.2, 0) is 14.3 Å². The second-order valence-corrected chi connectivity index (χ2v) is 8.37. The van der Waals surface area contributed by atoms with Gasteiger partial charge >= 0.3 is 0 Å². The molecule has 0 bridgehead atoms. The van der Waals surface area contributed by atoms with E-state index in [-0.39, 0.29) is 37.0 Å². The first-order chi connectivity index (χ1) is 14.1. The van der Waals surface area contributed by atoms with Gasteiger partial charge in [-0.3, -0.25) is 9.59 Å². The number of hydrogen-bond acceptors (Lipinski definition) is 4. The summed E-state index contributed by atoms with van der Waals surface area (Å²) in [6.07, 6.45) is 6.19. The molecule has 2 amide bonds. The van der Waals surface area contributed by atoms with E-state index in [1.807, 2.05) is 11.8 Å². The maximum atomic E-state index is 12.7. The molecule has 6 heteroatoms. The summed E-state index contributed by atoms with van der Waals surface area (Å²) in [5.74, 6) is 0.00446. The number of aliphatic hydroxyl groups excluding tert-OH is 1. The third-order valence-corrected chi connectivity index (χ3v) is 6.76. The Kier molecular flexibility index (Phi) is 5.49. The fourth-order valence-electron chi connectivity index (χ4n) is 5.42. The van der Waals surface area contributed by atoms with Gasteiger partial charge in [-0.15, -0.1) is 0 Å². The van der Waals surface area contributed by atoms with Crippen LogP contribution >= 0.6 is 0 Å². The molecule has 0 aromatic heterocycles. The quantitative estimate of drug-likeness (QED) is 0.797. The van der Waals surface area contributed by atoms with E-state index in [1.54, 1.807) is 4.90 Å². The molecular weight excluding hydrogens is 368 g/mol. The van der Waals surface area contributed by atoms with Crippen molar-refractivity contribution in [3.05, 3.63) is 41.5 Å². The van der Waals surface area contributed by atoms with Crippen molar-refractivity contribution in [1.29, 1.82) is 0 Å². The van der Waals surface area contributed by atoms with E-state index in [4.69, 9.17) is 4.74 Å². The molecule has 1 aliphatic carbocycles. The number of carbonyl (C=O) groups is 2. The minimum Gasteiger partial charge on any atom is -0.394 e. The number of ether oxygens (including phenoxy) is 1. The van der Waals surface area contributed by atoms with E-state index >= 15 is 0 Å². The molecule has 29 heavy (non-hydrogen) atoms. The predicted octanol–water partition coefficient (Wildman–Crippen LogP) is 2.18. The van der Waals surface area contributed by atoms with Crippen LogP contribution in [0.1, 0.15) is 49.7 Å². The first-order valence-electron chi connectivity index (χ1n) is 10.5. The van der Waals surface area contributed by atoms with Gasteiger partial charge in [0.05, 0.1) is 18.2 Å². The maximum Gasteiger partial charge on any atom is 0.248 e. The van der Waals surface area contributed by atoms with Crippen LogP contribution in [0.5, 0.6) is 0 Å². The molecule has 0 radical (unpaired) electrons. The standard InChI is InChI=1S/C23H30N2O4/c1-3-20(27)25-19(12-26)22(23(25)14-24(15-23)21(28)13-29-2)18-10-8-17(9-11-18)16-6-4-5-7-16/h6,8-11,19,22,26H,3-5,7,12-15H2,1-2H3/t19-,22+/m1/s1. The molecule has 1 aromatic rings. The van der Waals surface area contributed by atoms with Crippen molar-refractivity contribution < 1.29 is 19.4 Å². The Morgan fingerprint density at radius 1 is 1.21 bits per heavy atom. The number of benzene rings is 1. The number of likely N-dealkylation sites (tertiary alicyclic amines) is 2. The van der Waals surface area contributed by atoms with Crippen molar-refractivity contribution >= 4 is 17.4 Å². The number of amides is 2. The highest BCUT2D eigenvalue weighted by Crippen LogP contribution is 2.54. The molecule has 1 N–H and O–H groups in total. The number of nitrogens with zero attached hydrogens (tertiary/aromatic N) is 2. The molecular formula is C23H30N2O4. The van der Waals surface area contributed by atoms with Crippen molar-refractivity contribution in [3.8, 4) is 0 Å². The molecule has 2 aliphatic heterocycles. The number of rotatable bonds is 6. The number of carbonyl (C=O) groups excluding carboxylic acids is 2. The molecule has 3 aliphatic rings. The Morgan fingerprint density at radius 2 is 1.93 bits per heavy atom. The van der Waals surface area contributed by atoms with E-state index in [0.29, 0.717) is 19.5 Å². The summed E-state index contributed by atoms with van der Waals surface area (Å²) in [5.41, 5.74) is 3.37. The topological polar surface area (TPSA) is 70.1 Å². The number of aliphatic hydroxyl groups is 1. The third-order valence-electron chi connectivity index (χ3n) is 6.76. The summed E-state index contributed by atoms with van der Waals surface area (Å²) in [6, 6.07) is 8.35. The highest BCUT2D eigenvalue weighted by Gasteiger charge is 2.67. The van der Waals surface area contributed by atoms with Crippen molar-refractivity contribution in [3.63, 3.8) is 0 Å². The minimum atomic E-state index is -0.419. The van der Waals surface area contributed by atoms with Gasteiger partial charge < -0.3 is 19.6 Å². The van der Waals surface area contributed by atoms with Crippen LogP contribution in [-0.4, -0.2) is 71.7 Å². The van der Waals surface area contributed by atoms with Gasteiger partial charge in [-0.25, -0.2) is 0 Å². The van der Waals surface area contributed by atoms with Gasteiger partial charge in [0, 0.05) is 32.5 Å². The average molecular weight is 399 g/mol. The first kappa shape index (κ1) is 20.1. The van der Waals surface area contributed by atoms with Gasteiger partial charge in [-0.05, 0) is 36.0 Å². The first-order valence-corrected chi connectivity index (χ1v) is 10.5. The SMILES string of the molecule is CCC(=O)N1[C@H](CO)[C@H](c2ccc(C3=CCCC3)cc2)C12CN(C(=O)COC)C2.